The Balaban J connectivity index is 2.46. The van der Waals surface area contributed by atoms with E-state index in [-0.39, 0.29) is 0 Å². The molecule has 3 nitrogen and oxygen atoms in total. The van der Waals surface area contributed by atoms with Crippen LogP contribution in [0.3, 0.4) is 0 Å². The van der Waals surface area contributed by atoms with E-state index in [1.807, 2.05) is 19.1 Å². The van der Waals surface area contributed by atoms with Crippen LogP contribution in [0.4, 0.5) is 5.69 Å². The first kappa shape index (κ1) is 13.4. The molecule has 0 spiro atoms. The van der Waals surface area contributed by atoms with Crippen LogP contribution in [-0.2, 0) is 17.6 Å². The first-order chi connectivity index (χ1) is 9.21. The Morgan fingerprint density at radius 1 is 1.42 bits per heavy atom. The van der Waals surface area contributed by atoms with E-state index < -0.39 is 0 Å². The maximum atomic E-state index is 6.31. The lowest BCUT2D eigenvalue weighted by atomic mass is 9.97. The largest absolute Gasteiger partial charge is 0.481 e. The maximum absolute atomic E-state index is 6.31. The molecule has 19 heavy (non-hydrogen) atoms. The summed E-state index contributed by atoms with van der Waals surface area (Å²) in [7, 11) is 1.58. The van der Waals surface area contributed by atoms with Crippen LogP contribution in [-0.4, -0.2) is 13.8 Å². The van der Waals surface area contributed by atoms with Crippen LogP contribution in [0.2, 0.25) is 0 Å². The summed E-state index contributed by atoms with van der Waals surface area (Å²) in [6.45, 7) is 5.47. The zero-order valence-corrected chi connectivity index (χ0v) is 11.6. The quantitative estimate of drug-likeness (QED) is 0.388. The number of benzene rings is 1. The number of aryl methyl sites for hydroxylation is 1. The Hall–Kier alpha value is -2.03. The van der Waals surface area contributed by atoms with Crippen molar-refractivity contribution in [3.63, 3.8) is 0 Å². The topological polar surface area (TPSA) is 47.6 Å². The molecule has 1 aromatic carbocycles. The van der Waals surface area contributed by atoms with Crippen LogP contribution < -0.4 is 5.73 Å². The van der Waals surface area contributed by atoms with Crippen molar-refractivity contribution in [1.29, 1.82) is 0 Å². The van der Waals surface area contributed by atoms with Gasteiger partial charge >= 0.3 is 0 Å². The van der Waals surface area contributed by atoms with E-state index in [2.05, 4.69) is 23.8 Å². The summed E-state index contributed by atoms with van der Waals surface area (Å²) < 4.78 is 5.14. The molecule has 0 fully saturated rings. The molecule has 1 aliphatic carbocycles. The second kappa shape index (κ2) is 5.74. The fraction of sp³-hybridized carbons (Fsp3) is 0.312. The molecule has 2 rings (SSSR count). The molecule has 0 heterocycles. The van der Waals surface area contributed by atoms with Crippen LogP contribution in [0, 0.1) is 0 Å². The predicted octanol–water partition coefficient (Wildman–Crippen LogP) is 3.35. The van der Waals surface area contributed by atoms with Gasteiger partial charge in [-0.25, -0.2) is 4.99 Å². The third kappa shape index (κ3) is 2.55. The number of hydrogen-bond acceptors (Lipinski definition) is 3. The van der Waals surface area contributed by atoms with Crippen molar-refractivity contribution in [2.24, 2.45) is 4.99 Å². The van der Waals surface area contributed by atoms with Crippen molar-refractivity contribution in [1.82, 2.24) is 0 Å². The summed E-state index contributed by atoms with van der Waals surface area (Å²) in [6.07, 6.45) is 7.28. The van der Waals surface area contributed by atoms with Crippen LogP contribution in [0.5, 0.6) is 0 Å². The predicted molar refractivity (Wildman–Crippen MR) is 81.2 cm³/mol. The summed E-state index contributed by atoms with van der Waals surface area (Å²) in [5, 5.41) is 0. The summed E-state index contributed by atoms with van der Waals surface area (Å²) in [6, 6.07) is 4.26. The smallest absolute Gasteiger partial charge is 0.212 e. The molecule has 0 unspecified atom stereocenters. The molecule has 1 aliphatic rings. The lowest BCUT2D eigenvalue weighted by molar-refractivity contribution is 0.289. The van der Waals surface area contributed by atoms with Gasteiger partial charge < -0.3 is 10.5 Å². The molecule has 1 aromatic rings. The van der Waals surface area contributed by atoms with Gasteiger partial charge in [-0.15, -0.1) is 0 Å². The number of methoxy groups -OCH3 is 1. The van der Waals surface area contributed by atoms with E-state index in [4.69, 9.17) is 10.5 Å². The van der Waals surface area contributed by atoms with E-state index in [0.717, 1.165) is 29.7 Å². The SMILES string of the molecule is C=N/C(=C\C(=C/C)c1ccc2c(c1N)CCC2)OC. The Kier molecular flexibility index (Phi) is 4.05. The lowest BCUT2D eigenvalue weighted by Crippen LogP contribution is -1.99. The van der Waals surface area contributed by atoms with Crippen molar-refractivity contribution in [2.45, 2.75) is 26.2 Å². The third-order valence-electron chi connectivity index (χ3n) is 3.59. The molecule has 0 atom stereocenters. The molecule has 0 saturated carbocycles. The minimum atomic E-state index is 0.494. The number of nitrogen functional groups attached to an aromatic ring is 1. The van der Waals surface area contributed by atoms with Gasteiger partial charge in [0.15, 0.2) is 0 Å². The molecule has 0 aromatic heterocycles. The van der Waals surface area contributed by atoms with Crippen LogP contribution in [0.25, 0.3) is 5.57 Å². The fourth-order valence-electron chi connectivity index (χ4n) is 2.57. The summed E-state index contributed by atoms with van der Waals surface area (Å²) in [5.41, 5.74) is 11.9. The number of nitrogens with zero attached hydrogens (tertiary/aromatic N) is 1. The highest BCUT2D eigenvalue weighted by Crippen LogP contribution is 2.33. The number of rotatable bonds is 4. The van der Waals surface area contributed by atoms with Gasteiger partial charge in [-0.2, -0.15) is 0 Å². The van der Waals surface area contributed by atoms with Gasteiger partial charge in [0, 0.05) is 17.3 Å². The number of aliphatic imine (C=N–C) groups is 1. The zero-order chi connectivity index (χ0) is 13.8. The van der Waals surface area contributed by atoms with Gasteiger partial charge in [0.05, 0.1) is 7.11 Å². The first-order valence-corrected chi connectivity index (χ1v) is 6.50. The second-order valence-corrected chi connectivity index (χ2v) is 4.61. The maximum Gasteiger partial charge on any atom is 0.212 e. The zero-order valence-electron chi connectivity index (χ0n) is 11.6. The standard InChI is InChI=1S/C16H20N2O/c1-4-11(10-15(18-2)19-3)14-9-8-12-6-5-7-13(12)16(14)17/h4,8-10H,2,5-7,17H2,1,3H3/b11-4+,15-10+. The molecular formula is C16H20N2O. The summed E-state index contributed by atoms with van der Waals surface area (Å²) in [5.74, 6) is 0.494. The Labute approximate surface area is 114 Å². The molecule has 0 saturated heterocycles. The van der Waals surface area contributed by atoms with Gasteiger partial charge in [0.1, 0.15) is 0 Å². The number of anilines is 1. The first-order valence-electron chi connectivity index (χ1n) is 6.50. The summed E-state index contributed by atoms with van der Waals surface area (Å²) >= 11 is 0. The number of hydrogen-bond donors (Lipinski definition) is 1. The number of allylic oxidation sites excluding steroid dienone is 3. The van der Waals surface area contributed by atoms with E-state index in [0.29, 0.717) is 5.88 Å². The minimum Gasteiger partial charge on any atom is -0.481 e. The molecule has 0 aliphatic heterocycles. The van der Waals surface area contributed by atoms with Gasteiger partial charge in [0.25, 0.3) is 0 Å². The molecule has 3 heteroatoms. The molecule has 0 amide bonds. The molecule has 0 radical (unpaired) electrons. The van der Waals surface area contributed by atoms with Gasteiger partial charge in [-0.1, -0.05) is 18.2 Å². The van der Waals surface area contributed by atoms with Gasteiger partial charge in [0.2, 0.25) is 5.88 Å². The van der Waals surface area contributed by atoms with Crippen molar-refractivity contribution in [2.75, 3.05) is 12.8 Å². The molecule has 0 bridgehead atoms. The monoisotopic (exact) mass is 256 g/mol. The van der Waals surface area contributed by atoms with Crippen molar-refractivity contribution >= 4 is 18.0 Å². The average Bonchev–Trinajstić information content (AvgIpc) is 2.91. The van der Waals surface area contributed by atoms with Crippen LogP contribution in [0.15, 0.2) is 35.2 Å². The number of fused-ring (bicyclic) bond motifs is 1. The third-order valence-corrected chi connectivity index (χ3v) is 3.59. The van der Waals surface area contributed by atoms with E-state index in [9.17, 15) is 0 Å². The highest BCUT2D eigenvalue weighted by Gasteiger charge is 2.17. The van der Waals surface area contributed by atoms with E-state index >= 15 is 0 Å². The van der Waals surface area contributed by atoms with E-state index in [1.165, 1.54) is 17.5 Å². The Morgan fingerprint density at radius 2 is 2.21 bits per heavy atom. The normalized spacial score (nSPS) is 15.3. The van der Waals surface area contributed by atoms with Gasteiger partial charge in [-0.3, -0.25) is 0 Å². The summed E-state index contributed by atoms with van der Waals surface area (Å²) in [4.78, 5) is 3.83. The fourth-order valence-corrected chi connectivity index (χ4v) is 2.57. The van der Waals surface area contributed by atoms with E-state index in [1.54, 1.807) is 7.11 Å². The Morgan fingerprint density at radius 3 is 2.84 bits per heavy atom. The van der Waals surface area contributed by atoms with Crippen molar-refractivity contribution in [3.05, 3.63) is 46.9 Å². The average molecular weight is 256 g/mol. The van der Waals surface area contributed by atoms with Crippen LogP contribution >= 0.6 is 0 Å². The Bertz CT molecular complexity index is 556. The highest BCUT2D eigenvalue weighted by molar-refractivity contribution is 5.83. The van der Waals surface area contributed by atoms with Crippen molar-refractivity contribution < 1.29 is 4.74 Å². The number of ether oxygens (including phenoxy) is 1. The van der Waals surface area contributed by atoms with Gasteiger partial charge in [-0.05, 0) is 49.6 Å². The molecule has 100 valence electrons. The molecule has 2 N–H and O–H groups in total. The minimum absolute atomic E-state index is 0.494. The highest BCUT2D eigenvalue weighted by atomic mass is 16.5. The van der Waals surface area contributed by atoms with Crippen molar-refractivity contribution in [3.8, 4) is 0 Å². The number of nitrogens with two attached hydrogens (primary N) is 1. The second-order valence-electron chi connectivity index (χ2n) is 4.61. The molecular weight excluding hydrogens is 236 g/mol. The lowest BCUT2D eigenvalue weighted by Gasteiger charge is -2.12. The van der Waals surface area contributed by atoms with Crippen LogP contribution in [0.1, 0.15) is 30.0 Å².